The van der Waals surface area contributed by atoms with E-state index in [1.807, 2.05) is 24.3 Å². The zero-order valence-electron chi connectivity index (χ0n) is 13.5. The van der Waals surface area contributed by atoms with E-state index < -0.39 is 0 Å². The summed E-state index contributed by atoms with van der Waals surface area (Å²) in [4.78, 5) is 4.53. The highest BCUT2D eigenvalue weighted by atomic mass is 16.3. The van der Waals surface area contributed by atoms with E-state index in [0.717, 1.165) is 5.70 Å². The number of hydrogen-bond donors (Lipinski definition) is 5. The number of anilines is 1. The average molecular weight is 333 g/mol. The number of benzene rings is 1. The van der Waals surface area contributed by atoms with Crippen molar-refractivity contribution >= 4 is 17.1 Å². The Morgan fingerprint density at radius 3 is 2.76 bits per heavy atom. The number of hydrogen-bond acceptors (Lipinski definition) is 6. The summed E-state index contributed by atoms with van der Waals surface area (Å²) in [7, 11) is 0. The van der Waals surface area contributed by atoms with Crippen LogP contribution in [0.15, 0.2) is 88.5 Å². The maximum absolute atomic E-state index is 9.57. The van der Waals surface area contributed by atoms with Crippen LogP contribution >= 0.6 is 0 Å². The number of aromatic hydroxyl groups is 1. The zero-order valence-corrected chi connectivity index (χ0v) is 13.5. The van der Waals surface area contributed by atoms with E-state index in [0.29, 0.717) is 34.9 Å². The van der Waals surface area contributed by atoms with Gasteiger partial charge in [-0.15, -0.1) is 0 Å². The standard InChI is InChI=1S/C19H19N5O/c20-12-3-1-4-13(8-7-12)23-18-11-19(17(22)10-16(18)21)24-14-5-2-6-15(25)9-14/h2-11,21,24-25H,1,20,22H2. The van der Waals surface area contributed by atoms with E-state index in [4.69, 9.17) is 16.9 Å². The minimum atomic E-state index is 0.157. The molecule has 0 amide bonds. The summed E-state index contributed by atoms with van der Waals surface area (Å²) in [5, 5.41) is 20.8. The van der Waals surface area contributed by atoms with Gasteiger partial charge >= 0.3 is 0 Å². The Balaban J connectivity index is 1.88. The third-order valence-corrected chi connectivity index (χ3v) is 3.67. The number of nitrogens with one attached hydrogen (secondary N) is 2. The van der Waals surface area contributed by atoms with Gasteiger partial charge in [0.2, 0.25) is 0 Å². The van der Waals surface area contributed by atoms with E-state index in [9.17, 15) is 5.11 Å². The molecule has 3 rings (SSSR count). The molecule has 0 fully saturated rings. The number of nitrogens with zero attached hydrogens (tertiary/aromatic N) is 1. The minimum Gasteiger partial charge on any atom is -0.508 e. The Hall–Kier alpha value is -3.54. The number of phenols is 1. The first kappa shape index (κ1) is 16.3. The second-order valence-electron chi connectivity index (χ2n) is 5.65. The summed E-state index contributed by atoms with van der Waals surface area (Å²) in [6, 6.07) is 6.73. The van der Waals surface area contributed by atoms with Gasteiger partial charge in [0.1, 0.15) is 5.75 Å². The lowest BCUT2D eigenvalue weighted by Crippen LogP contribution is -2.22. The molecule has 0 heterocycles. The molecule has 0 bridgehead atoms. The van der Waals surface area contributed by atoms with Crippen LogP contribution in [0.1, 0.15) is 6.42 Å². The van der Waals surface area contributed by atoms with Crippen molar-refractivity contribution in [2.75, 3.05) is 5.32 Å². The summed E-state index contributed by atoms with van der Waals surface area (Å²) >= 11 is 0. The SMILES string of the molecule is N=C1C=C(N)C(Nc2cccc(O)c2)=CC1=NC1=CCC=C(N)C=C1. The molecule has 0 radical (unpaired) electrons. The van der Waals surface area contributed by atoms with Gasteiger partial charge in [-0.05, 0) is 42.9 Å². The highest BCUT2D eigenvalue weighted by molar-refractivity contribution is 6.50. The first-order valence-corrected chi connectivity index (χ1v) is 7.78. The number of rotatable bonds is 3. The van der Waals surface area contributed by atoms with Crippen LogP contribution < -0.4 is 16.8 Å². The largest absolute Gasteiger partial charge is 0.508 e. The van der Waals surface area contributed by atoms with Gasteiger partial charge in [-0.1, -0.05) is 18.2 Å². The summed E-state index contributed by atoms with van der Waals surface area (Å²) in [6.45, 7) is 0. The summed E-state index contributed by atoms with van der Waals surface area (Å²) < 4.78 is 0. The Morgan fingerprint density at radius 2 is 1.96 bits per heavy atom. The van der Waals surface area contributed by atoms with E-state index in [2.05, 4.69) is 10.3 Å². The quantitative estimate of drug-likeness (QED) is 0.546. The molecular weight excluding hydrogens is 314 g/mol. The molecule has 6 heteroatoms. The van der Waals surface area contributed by atoms with Crippen molar-refractivity contribution in [2.45, 2.75) is 6.42 Å². The van der Waals surface area contributed by atoms with Gasteiger partial charge in [0.15, 0.2) is 0 Å². The monoisotopic (exact) mass is 333 g/mol. The van der Waals surface area contributed by atoms with Crippen molar-refractivity contribution in [3.63, 3.8) is 0 Å². The average Bonchev–Trinajstić information content (AvgIpc) is 2.76. The number of phenolic OH excluding ortho intramolecular Hbond substituents is 1. The fourth-order valence-corrected chi connectivity index (χ4v) is 2.40. The zero-order chi connectivity index (χ0) is 17.8. The van der Waals surface area contributed by atoms with E-state index in [1.165, 1.54) is 0 Å². The maximum atomic E-state index is 9.57. The third kappa shape index (κ3) is 4.06. The second-order valence-corrected chi connectivity index (χ2v) is 5.65. The van der Waals surface area contributed by atoms with Gasteiger partial charge in [-0.25, -0.2) is 4.99 Å². The van der Waals surface area contributed by atoms with Crippen LogP contribution in [0.3, 0.4) is 0 Å². The van der Waals surface area contributed by atoms with Crippen LogP contribution in [-0.2, 0) is 0 Å². The molecule has 0 unspecified atom stereocenters. The molecule has 7 N–H and O–H groups in total. The number of allylic oxidation sites excluding steroid dienone is 6. The molecule has 1 aromatic carbocycles. The maximum Gasteiger partial charge on any atom is 0.117 e. The van der Waals surface area contributed by atoms with Gasteiger partial charge in [0, 0.05) is 17.5 Å². The Kier molecular flexibility index (Phi) is 4.52. The Bertz CT molecular complexity index is 900. The minimum absolute atomic E-state index is 0.157. The highest BCUT2D eigenvalue weighted by Crippen LogP contribution is 2.21. The number of nitrogens with two attached hydrogens (primary N) is 2. The molecule has 25 heavy (non-hydrogen) atoms. The van der Waals surface area contributed by atoms with Crippen LogP contribution in [0.2, 0.25) is 0 Å². The number of aliphatic imine (C=N–C) groups is 1. The smallest absolute Gasteiger partial charge is 0.117 e. The van der Waals surface area contributed by atoms with Crippen LogP contribution in [0.5, 0.6) is 5.75 Å². The van der Waals surface area contributed by atoms with E-state index >= 15 is 0 Å². The molecule has 0 spiro atoms. The van der Waals surface area contributed by atoms with Crippen molar-refractivity contribution in [1.29, 1.82) is 5.41 Å². The molecular formula is C19H19N5O. The second kappa shape index (κ2) is 6.92. The topological polar surface area (TPSA) is 121 Å². The van der Waals surface area contributed by atoms with Gasteiger partial charge in [-0.2, -0.15) is 0 Å². The lowest BCUT2D eigenvalue weighted by Gasteiger charge is -2.17. The first-order valence-electron chi connectivity index (χ1n) is 7.78. The third-order valence-electron chi connectivity index (χ3n) is 3.67. The molecule has 6 nitrogen and oxygen atoms in total. The predicted octanol–water partition coefficient (Wildman–Crippen LogP) is 2.69. The summed E-state index contributed by atoms with van der Waals surface area (Å²) in [5.74, 6) is 0.157. The van der Waals surface area contributed by atoms with Crippen molar-refractivity contribution in [3.05, 3.63) is 83.5 Å². The van der Waals surface area contributed by atoms with Crippen molar-refractivity contribution in [1.82, 2.24) is 0 Å². The van der Waals surface area contributed by atoms with Gasteiger partial charge in [-0.3, -0.25) is 5.41 Å². The molecule has 0 saturated heterocycles. The molecule has 0 aliphatic heterocycles. The predicted molar refractivity (Wildman–Crippen MR) is 101 cm³/mol. The van der Waals surface area contributed by atoms with Crippen LogP contribution in [0.25, 0.3) is 0 Å². The molecule has 0 aromatic heterocycles. The van der Waals surface area contributed by atoms with Gasteiger partial charge in [0.05, 0.1) is 28.5 Å². The molecule has 2 aliphatic rings. The van der Waals surface area contributed by atoms with Gasteiger partial charge in [0.25, 0.3) is 0 Å². The molecule has 2 aliphatic carbocycles. The van der Waals surface area contributed by atoms with Gasteiger partial charge < -0.3 is 21.9 Å². The van der Waals surface area contributed by atoms with Crippen LogP contribution in [0, 0.1) is 5.41 Å². The van der Waals surface area contributed by atoms with Crippen LogP contribution in [0.4, 0.5) is 5.69 Å². The highest BCUT2D eigenvalue weighted by Gasteiger charge is 2.15. The summed E-state index contributed by atoms with van der Waals surface area (Å²) in [6.07, 6.45) is 11.4. The normalized spacial score (nSPS) is 18.9. The van der Waals surface area contributed by atoms with Crippen molar-refractivity contribution in [3.8, 4) is 5.75 Å². The molecule has 0 atom stereocenters. The van der Waals surface area contributed by atoms with Crippen molar-refractivity contribution in [2.24, 2.45) is 16.5 Å². The molecule has 1 aromatic rings. The van der Waals surface area contributed by atoms with E-state index in [-0.39, 0.29) is 11.5 Å². The fourth-order valence-electron chi connectivity index (χ4n) is 2.40. The van der Waals surface area contributed by atoms with Crippen molar-refractivity contribution < 1.29 is 5.11 Å². The van der Waals surface area contributed by atoms with Crippen LogP contribution in [-0.4, -0.2) is 16.5 Å². The first-order chi connectivity index (χ1) is 12.0. The summed E-state index contributed by atoms with van der Waals surface area (Å²) in [5.41, 5.74) is 15.7. The Labute approximate surface area is 145 Å². The Morgan fingerprint density at radius 1 is 1.12 bits per heavy atom. The molecule has 0 saturated carbocycles. The lowest BCUT2D eigenvalue weighted by molar-refractivity contribution is 0.475. The van der Waals surface area contributed by atoms with E-state index in [1.54, 1.807) is 36.4 Å². The lowest BCUT2D eigenvalue weighted by atomic mass is 10.0. The molecule has 126 valence electrons. The fraction of sp³-hybridized carbons (Fsp3) is 0.0526.